The van der Waals surface area contributed by atoms with E-state index in [9.17, 15) is 17.2 Å². The first kappa shape index (κ1) is 18.3. The summed E-state index contributed by atoms with van der Waals surface area (Å²) in [6.45, 7) is -2.10. The van der Waals surface area contributed by atoms with Crippen LogP contribution in [-0.4, -0.2) is 32.4 Å². The average Bonchev–Trinajstić information content (AvgIpc) is 2.30. The van der Waals surface area contributed by atoms with E-state index in [-0.39, 0.29) is 23.2 Å². The number of sulfonamides is 1. The molecule has 1 rings (SSSR count). The molecule has 110 valence electrons. The van der Waals surface area contributed by atoms with Crippen molar-refractivity contribution < 1.29 is 17.2 Å². The molecule has 0 aliphatic heterocycles. The van der Waals surface area contributed by atoms with Crippen LogP contribution in [-0.2, 0) is 10.0 Å². The van der Waals surface area contributed by atoms with Gasteiger partial charge in [0.25, 0.3) is 5.92 Å². The minimum Gasteiger partial charge on any atom is -0.383 e. The highest BCUT2D eigenvalue weighted by Gasteiger charge is 2.30. The van der Waals surface area contributed by atoms with Gasteiger partial charge >= 0.3 is 0 Å². The van der Waals surface area contributed by atoms with Crippen molar-refractivity contribution in [1.82, 2.24) is 9.71 Å². The Hall–Kier alpha value is -0.740. The third-order valence-electron chi connectivity index (χ3n) is 1.96. The topological polar surface area (TPSA) is 111 Å². The first-order chi connectivity index (χ1) is 8.18. The molecule has 6 nitrogen and oxygen atoms in total. The number of halogens is 4. The molecule has 1 aromatic heterocycles. The van der Waals surface area contributed by atoms with Crippen LogP contribution in [0.2, 0.25) is 5.02 Å². The number of nitrogen functional groups attached to an aromatic ring is 1. The Morgan fingerprint density at radius 3 is 2.58 bits per heavy atom. The smallest absolute Gasteiger partial charge is 0.273 e. The van der Waals surface area contributed by atoms with E-state index in [0.29, 0.717) is 0 Å². The van der Waals surface area contributed by atoms with Crippen molar-refractivity contribution in [2.24, 2.45) is 5.73 Å². The van der Waals surface area contributed by atoms with E-state index in [1.165, 1.54) is 0 Å². The first-order valence-electron chi connectivity index (χ1n) is 4.66. The Morgan fingerprint density at radius 1 is 1.47 bits per heavy atom. The zero-order valence-electron chi connectivity index (χ0n) is 9.44. The van der Waals surface area contributed by atoms with Crippen molar-refractivity contribution >= 4 is 39.8 Å². The molecule has 0 radical (unpaired) electrons. The maximum Gasteiger partial charge on any atom is 0.273 e. The number of hydrogen-bond donors (Lipinski definition) is 3. The minimum absolute atomic E-state index is 0. The Bertz CT molecular complexity index is 542. The third kappa shape index (κ3) is 5.03. The summed E-state index contributed by atoms with van der Waals surface area (Å²) in [6, 6.07) is 1.02. The molecule has 1 heterocycles. The van der Waals surface area contributed by atoms with Crippen LogP contribution in [0.25, 0.3) is 0 Å². The van der Waals surface area contributed by atoms with Gasteiger partial charge in [-0.2, -0.15) is 0 Å². The Labute approximate surface area is 120 Å². The molecule has 0 amide bonds. The quantitative estimate of drug-likeness (QED) is 0.729. The molecule has 0 atom stereocenters. The summed E-state index contributed by atoms with van der Waals surface area (Å²) in [5, 5.41) is 0.0233. The lowest BCUT2D eigenvalue weighted by atomic mass is 10.3. The van der Waals surface area contributed by atoms with Gasteiger partial charge in [0.05, 0.1) is 18.1 Å². The normalized spacial score (nSPS) is 12.0. The molecular weight excluding hydrogens is 325 g/mol. The molecule has 0 fully saturated rings. The van der Waals surface area contributed by atoms with Crippen LogP contribution in [0.1, 0.15) is 0 Å². The van der Waals surface area contributed by atoms with Crippen molar-refractivity contribution in [1.29, 1.82) is 0 Å². The summed E-state index contributed by atoms with van der Waals surface area (Å²) in [5.74, 6) is -3.67. The molecule has 0 aromatic carbocycles. The highest BCUT2D eigenvalue weighted by Crippen LogP contribution is 2.20. The lowest BCUT2D eigenvalue weighted by Crippen LogP contribution is -2.41. The number of nitrogens with zero attached hydrogens (tertiary/aromatic N) is 1. The molecule has 0 unspecified atom stereocenters. The van der Waals surface area contributed by atoms with Crippen molar-refractivity contribution in [2.75, 3.05) is 18.8 Å². The van der Waals surface area contributed by atoms with Gasteiger partial charge in [-0.3, -0.25) is 0 Å². The van der Waals surface area contributed by atoms with E-state index in [2.05, 4.69) is 4.98 Å². The average molecular weight is 337 g/mol. The van der Waals surface area contributed by atoms with Gasteiger partial charge in [0.2, 0.25) is 10.0 Å². The molecule has 1 aromatic rings. The first-order valence-corrected chi connectivity index (χ1v) is 6.53. The van der Waals surface area contributed by atoms with Gasteiger partial charge in [-0.05, 0) is 6.07 Å². The molecule has 0 bridgehead atoms. The minimum atomic E-state index is -4.21. The van der Waals surface area contributed by atoms with Crippen molar-refractivity contribution in [3.05, 3.63) is 17.3 Å². The highest BCUT2D eigenvalue weighted by atomic mass is 35.5. The summed E-state index contributed by atoms with van der Waals surface area (Å²) in [6.07, 6.45) is 1.14. The number of anilines is 1. The second-order valence-electron chi connectivity index (χ2n) is 3.42. The fraction of sp³-hybridized carbons (Fsp3) is 0.375. The molecule has 0 aliphatic rings. The lowest BCUT2D eigenvalue weighted by Gasteiger charge is -2.15. The predicted molar refractivity (Wildman–Crippen MR) is 70.1 cm³/mol. The molecule has 11 heteroatoms. The van der Waals surface area contributed by atoms with Gasteiger partial charge in [0, 0.05) is 6.20 Å². The Kier molecular flexibility index (Phi) is 6.36. The molecule has 0 aliphatic carbocycles. The van der Waals surface area contributed by atoms with E-state index in [1.807, 2.05) is 0 Å². The van der Waals surface area contributed by atoms with E-state index in [4.69, 9.17) is 23.1 Å². The summed E-state index contributed by atoms with van der Waals surface area (Å²) < 4.78 is 50.8. The van der Waals surface area contributed by atoms with Crippen LogP contribution in [0.3, 0.4) is 0 Å². The van der Waals surface area contributed by atoms with Gasteiger partial charge < -0.3 is 11.5 Å². The highest BCUT2D eigenvalue weighted by molar-refractivity contribution is 7.89. The number of nitrogens with two attached hydrogens (primary N) is 2. The van der Waals surface area contributed by atoms with Gasteiger partial charge in [0.15, 0.2) is 0 Å². The number of alkyl halides is 2. The van der Waals surface area contributed by atoms with Gasteiger partial charge in [-0.25, -0.2) is 26.9 Å². The van der Waals surface area contributed by atoms with Gasteiger partial charge in [0.1, 0.15) is 10.7 Å². The fourth-order valence-electron chi connectivity index (χ4n) is 0.997. The van der Waals surface area contributed by atoms with Crippen LogP contribution >= 0.6 is 24.0 Å². The molecule has 19 heavy (non-hydrogen) atoms. The Balaban J connectivity index is 0.00000324. The van der Waals surface area contributed by atoms with Crippen LogP contribution in [0, 0.1) is 0 Å². The van der Waals surface area contributed by atoms with Crippen molar-refractivity contribution in [2.45, 2.75) is 10.8 Å². The van der Waals surface area contributed by atoms with E-state index >= 15 is 0 Å². The lowest BCUT2D eigenvalue weighted by molar-refractivity contribution is 0.0170. The van der Waals surface area contributed by atoms with Crippen molar-refractivity contribution in [3.8, 4) is 0 Å². The van der Waals surface area contributed by atoms with Crippen LogP contribution in [0.5, 0.6) is 0 Å². The maximum atomic E-state index is 12.9. The number of aromatic nitrogens is 1. The molecule has 0 saturated heterocycles. The SMILES string of the molecule is Cl.NCC(F)(F)CNS(=O)(=O)c1cc(Cl)cnc1N. The van der Waals surface area contributed by atoms with E-state index < -0.39 is 33.9 Å². The molecule has 0 spiro atoms. The summed E-state index contributed by atoms with van der Waals surface area (Å²) >= 11 is 5.56. The predicted octanol–water partition coefficient (Wildman–Crippen LogP) is 0.611. The number of nitrogens with one attached hydrogen (secondary N) is 1. The number of rotatable bonds is 5. The van der Waals surface area contributed by atoms with Crippen LogP contribution in [0.4, 0.5) is 14.6 Å². The largest absolute Gasteiger partial charge is 0.383 e. The van der Waals surface area contributed by atoms with Gasteiger partial charge in [-0.15, -0.1) is 12.4 Å². The van der Waals surface area contributed by atoms with Crippen molar-refractivity contribution in [3.63, 3.8) is 0 Å². The fourth-order valence-corrected chi connectivity index (χ4v) is 2.39. The summed E-state index contributed by atoms with van der Waals surface area (Å²) in [4.78, 5) is 3.07. The summed E-state index contributed by atoms with van der Waals surface area (Å²) in [5.41, 5.74) is 10.1. The second kappa shape index (κ2) is 6.62. The molecule has 0 saturated carbocycles. The van der Waals surface area contributed by atoms with E-state index in [1.54, 1.807) is 4.72 Å². The monoisotopic (exact) mass is 336 g/mol. The number of hydrogen-bond acceptors (Lipinski definition) is 5. The standard InChI is InChI=1S/C8H11ClF2N4O2S.ClH/c9-5-1-6(7(13)14-2-5)18(16,17)15-4-8(10,11)3-12;/h1-2,15H,3-4,12H2,(H2,13,14);1H. The molecule has 5 N–H and O–H groups in total. The zero-order chi connectivity index (χ0) is 14.0. The third-order valence-corrected chi connectivity index (χ3v) is 3.59. The van der Waals surface area contributed by atoms with Gasteiger partial charge in [-0.1, -0.05) is 11.6 Å². The Morgan fingerprint density at radius 2 is 2.05 bits per heavy atom. The van der Waals surface area contributed by atoms with Crippen LogP contribution in [0.15, 0.2) is 17.2 Å². The van der Waals surface area contributed by atoms with E-state index in [0.717, 1.165) is 12.3 Å². The molecular formula is C8H12Cl2F2N4O2S. The van der Waals surface area contributed by atoms with Crippen LogP contribution < -0.4 is 16.2 Å². The number of pyridine rings is 1. The maximum absolute atomic E-state index is 12.9. The summed E-state index contributed by atoms with van der Waals surface area (Å²) in [7, 11) is -4.21. The zero-order valence-corrected chi connectivity index (χ0v) is 11.8. The second-order valence-corrected chi connectivity index (χ2v) is 5.59.